The number of benzene rings is 1. The van der Waals surface area contributed by atoms with Crippen LogP contribution in [0.4, 0.5) is 4.39 Å². The predicted molar refractivity (Wildman–Crippen MR) is 71.0 cm³/mol. The summed E-state index contributed by atoms with van der Waals surface area (Å²) in [5.74, 6) is -0.392. The van der Waals surface area contributed by atoms with E-state index in [1.807, 2.05) is 13.8 Å². The van der Waals surface area contributed by atoms with E-state index in [4.69, 9.17) is 0 Å². The Balaban J connectivity index is 0.000000771. The second-order valence-electron chi connectivity index (χ2n) is 4.08. The third-order valence-electron chi connectivity index (χ3n) is 2.59. The van der Waals surface area contributed by atoms with Crippen molar-refractivity contribution in [2.45, 2.75) is 39.3 Å². The van der Waals surface area contributed by atoms with Gasteiger partial charge in [0.15, 0.2) is 0 Å². The highest BCUT2D eigenvalue weighted by Crippen LogP contribution is 2.19. The third kappa shape index (κ3) is 4.11. The van der Waals surface area contributed by atoms with Gasteiger partial charge in [0.1, 0.15) is 5.82 Å². The first-order chi connectivity index (χ1) is 8.70. The first kappa shape index (κ1) is 14.6. The summed E-state index contributed by atoms with van der Waals surface area (Å²) in [6, 6.07) is 4.79. The van der Waals surface area contributed by atoms with Gasteiger partial charge in [-0.25, -0.2) is 4.39 Å². The van der Waals surface area contributed by atoms with E-state index in [2.05, 4.69) is 10.6 Å². The fourth-order valence-corrected chi connectivity index (χ4v) is 1.54. The SMILES string of the molecule is CC.CNCc1cc(C(=O)NC2CC2)ccc1F. The van der Waals surface area contributed by atoms with E-state index in [1.54, 1.807) is 13.1 Å². The summed E-state index contributed by atoms with van der Waals surface area (Å²) in [6.45, 7) is 4.43. The average Bonchev–Trinajstić information content (AvgIpc) is 3.18. The number of carbonyl (C=O) groups is 1. The lowest BCUT2D eigenvalue weighted by atomic mass is 10.1. The zero-order valence-electron chi connectivity index (χ0n) is 11.2. The van der Waals surface area contributed by atoms with Gasteiger partial charge < -0.3 is 10.6 Å². The van der Waals surface area contributed by atoms with Crippen LogP contribution in [0.15, 0.2) is 18.2 Å². The summed E-state index contributed by atoms with van der Waals surface area (Å²) in [4.78, 5) is 11.7. The minimum absolute atomic E-state index is 0.111. The van der Waals surface area contributed by atoms with Crippen molar-refractivity contribution in [2.75, 3.05) is 7.05 Å². The fourth-order valence-electron chi connectivity index (χ4n) is 1.54. The van der Waals surface area contributed by atoms with Crippen LogP contribution in [0.2, 0.25) is 0 Å². The number of halogens is 1. The zero-order valence-corrected chi connectivity index (χ0v) is 11.2. The molecule has 1 saturated carbocycles. The predicted octanol–water partition coefficient (Wildman–Crippen LogP) is 2.46. The van der Waals surface area contributed by atoms with Gasteiger partial charge in [0.2, 0.25) is 0 Å². The number of amides is 1. The van der Waals surface area contributed by atoms with E-state index >= 15 is 0 Å². The summed E-state index contributed by atoms with van der Waals surface area (Å²) in [5.41, 5.74) is 1.05. The van der Waals surface area contributed by atoms with Crippen LogP contribution >= 0.6 is 0 Å². The van der Waals surface area contributed by atoms with Gasteiger partial charge in [0, 0.05) is 23.7 Å². The molecule has 0 aromatic heterocycles. The highest BCUT2D eigenvalue weighted by molar-refractivity contribution is 5.94. The van der Waals surface area contributed by atoms with Gasteiger partial charge in [0.25, 0.3) is 5.91 Å². The number of hydrogen-bond donors (Lipinski definition) is 2. The summed E-state index contributed by atoms with van der Waals surface area (Å²) >= 11 is 0. The lowest BCUT2D eigenvalue weighted by Crippen LogP contribution is -2.25. The summed E-state index contributed by atoms with van der Waals surface area (Å²) in [6.07, 6.45) is 2.10. The van der Waals surface area contributed by atoms with E-state index in [0.717, 1.165) is 12.8 Å². The maximum atomic E-state index is 13.3. The maximum Gasteiger partial charge on any atom is 0.251 e. The number of rotatable bonds is 4. The maximum absolute atomic E-state index is 13.3. The van der Waals surface area contributed by atoms with Crippen LogP contribution in [-0.2, 0) is 6.54 Å². The summed E-state index contributed by atoms with van der Waals surface area (Å²) in [7, 11) is 1.75. The molecular weight excluding hydrogens is 231 g/mol. The second kappa shape index (κ2) is 7.11. The minimum Gasteiger partial charge on any atom is -0.349 e. The molecule has 2 N–H and O–H groups in total. The molecule has 0 bridgehead atoms. The van der Waals surface area contributed by atoms with Crippen molar-refractivity contribution in [1.82, 2.24) is 10.6 Å². The van der Waals surface area contributed by atoms with Crippen LogP contribution in [0.1, 0.15) is 42.6 Å². The molecule has 18 heavy (non-hydrogen) atoms. The number of hydrogen-bond acceptors (Lipinski definition) is 2. The molecule has 4 heteroatoms. The molecule has 1 amide bonds. The molecule has 0 aliphatic heterocycles. The van der Waals surface area contributed by atoms with Crippen LogP contribution in [0.3, 0.4) is 0 Å². The molecule has 1 fully saturated rings. The molecule has 100 valence electrons. The van der Waals surface area contributed by atoms with E-state index in [1.165, 1.54) is 12.1 Å². The van der Waals surface area contributed by atoms with E-state index in [0.29, 0.717) is 23.7 Å². The molecule has 0 unspecified atom stereocenters. The van der Waals surface area contributed by atoms with Crippen LogP contribution in [0.5, 0.6) is 0 Å². The Labute approximate surface area is 108 Å². The molecule has 1 aromatic rings. The van der Waals surface area contributed by atoms with Gasteiger partial charge in [-0.05, 0) is 38.1 Å². The first-order valence-corrected chi connectivity index (χ1v) is 6.44. The van der Waals surface area contributed by atoms with E-state index < -0.39 is 0 Å². The van der Waals surface area contributed by atoms with Crippen molar-refractivity contribution >= 4 is 5.91 Å². The Morgan fingerprint density at radius 3 is 2.61 bits per heavy atom. The lowest BCUT2D eigenvalue weighted by Gasteiger charge is -2.07. The molecule has 0 saturated heterocycles. The van der Waals surface area contributed by atoms with Crippen molar-refractivity contribution in [2.24, 2.45) is 0 Å². The Morgan fingerprint density at radius 1 is 1.39 bits per heavy atom. The van der Waals surface area contributed by atoms with Crippen LogP contribution < -0.4 is 10.6 Å². The van der Waals surface area contributed by atoms with Gasteiger partial charge in [-0.2, -0.15) is 0 Å². The highest BCUT2D eigenvalue weighted by Gasteiger charge is 2.23. The van der Waals surface area contributed by atoms with E-state index in [9.17, 15) is 9.18 Å². The quantitative estimate of drug-likeness (QED) is 0.864. The van der Waals surface area contributed by atoms with E-state index in [-0.39, 0.29) is 11.7 Å². The van der Waals surface area contributed by atoms with Gasteiger partial charge in [-0.15, -0.1) is 0 Å². The fraction of sp³-hybridized carbons (Fsp3) is 0.500. The minimum atomic E-state index is -0.280. The third-order valence-corrected chi connectivity index (χ3v) is 2.59. The molecule has 0 atom stereocenters. The molecule has 0 spiro atoms. The monoisotopic (exact) mass is 252 g/mol. The highest BCUT2D eigenvalue weighted by atomic mass is 19.1. The van der Waals surface area contributed by atoms with Gasteiger partial charge in [-0.3, -0.25) is 4.79 Å². The number of nitrogens with one attached hydrogen (secondary N) is 2. The average molecular weight is 252 g/mol. The van der Waals surface area contributed by atoms with Gasteiger partial charge in [-0.1, -0.05) is 13.8 Å². The van der Waals surface area contributed by atoms with Crippen LogP contribution in [0.25, 0.3) is 0 Å². The molecular formula is C14H21FN2O. The normalized spacial score (nSPS) is 13.6. The largest absolute Gasteiger partial charge is 0.349 e. The Morgan fingerprint density at radius 2 is 2.06 bits per heavy atom. The Hall–Kier alpha value is -1.42. The molecule has 1 aliphatic rings. The molecule has 2 rings (SSSR count). The van der Waals surface area contributed by atoms with Crippen molar-refractivity contribution in [3.05, 3.63) is 35.1 Å². The summed E-state index contributed by atoms with van der Waals surface area (Å²) in [5, 5.41) is 5.75. The number of carbonyl (C=O) groups excluding carboxylic acids is 1. The molecule has 0 radical (unpaired) electrons. The van der Waals surface area contributed by atoms with Crippen molar-refractivity contribution in [3.8, 4) is 0 Å². The molecule has 3 nitrogen and oxygen atoms in total. The first-order valence-electron chi connectivity index (χ1n) is 6.44. The Kier molecular flexibility index (Phi) is 5.78. The van der Waals surface area contributed by atoms with Crippen molar-refractivity contribution < 1.29 is 9.18 Å². The van der Waals surface area contributed by atoms with Crippen LogP contribution in [-0.4, -0.2) is 19.0 Å². The lowest BCUT2D eigenvalue weighted by molar-refractivity contribution is 0.0951. The van der Waals surface area contributed by atoms with Crippen LogP contribution in [0, 0.1) is 5.82 Å². The molecule has 1 aliphatic carbocycles. The zero-order chi connectivity index (χ0) is 13.5. The van der Waals surface area contributed by atoms with Crippen molar-refractivity contribution in [1.29, 1.82) is 0 Å². The van der Waals surface area contributed by atoms with Gasteiger partial charge >= 0.3 is 0 Å². The topological polar surface area (TPSA) is 41.1 Å². The summed E-state index contributed by atoms with van der Waals surface area (Å²) < 4.78 is 13.3. The standard InChI is InChI=1S/C12H15FN2O.C2H6/c1-14-7-9-6-8(2-5-11(9)13)12(16)15-10-3-4-10;1-2/h2,5-6,10,14H,3-4,7H2,1H3,(H,15,16);1-2H3. The van der Waals surface area contributed by atoms with Crippen molar-refractivity contribution in [3.63, 3.8) is 0 Å². The molecule has 1 aromatic carbocycles. The second-order valence-corrected chi connectivity index (χ2v) is 4.08. The Bertz CT molecular complexity index is 403. The van der Waals surface area contributed by atoms with Gasteiger partial charge in [0.05, 0.1) is 0 Å². The smallest absolute Gasteiger partial charge is 0.251 e. The molecule has 0 heterocycles.